The summed E-state index contributed by atoms with van der Waals surface area (Å²) >= 11 is 0. The van der Waals surface area contributed by atoms with E-state index >= 15 is 0 Å². The first-order valence-corrected chi connectivity index (χ1v) is 9.15. The third kappa shape index (κ3) is 2.64. The molecule has 2 aliphatic carbocycles. The van der Waals surface area contributed by atoms with E-state index in [1.54, 1.807) is 19.9 Å². The Morgan fingerprint density at radius 1 is 1.40 bits per heavy atom. The summed E-state index contributed by atoms with van der Waals surface area (Å²) in [4.78, 5) is 24.2. The zero-order valence-corrected chi connectivity index (χ0v) is 15.7. The first-order valence-electron chi connectivity index (χ1n) is 9.15. The highest BCUT2D eigenvalue weighted by molar-refractivity contribution is 5.92. The summed E-state index contributed by atoms with van der Waals surface area (Å²) in [7, 11) is 0. The minimum atomic E-state index is -0.748. The Hall–Kier alpha value is -1.62. The summed E-state index contributed by atoms with van der Waals surface area (Å²) < 4.78 is 11.3. The standard InChI is InChI=1S/C20H28O5/c1-6-10(2)18(22)24-14-8-7-11(3)20(5)13(14)9-15-16(17(20)21)12(4)19(23)25-15/h6,11,13-15,17,21H,7-9H2,1-5H3/t11-,13-,14-,15-,17+,20+/m0/s1. The van der Waals surface area contributed by atoms with Gasteiger partial charge in [0.2, 0.25) is 0 Å². The van der Waals surface area contributed by atoms with E-state index in [1.165, 1.54) is 0 Å². The monoisotopic (exact) mass is 348 g/mol. The van der Waals surface area contributed by atoms with Crippen molar-refractivity contribution >= 4 is 11.9 Å². The molecule has 2 saturated carbocycles. The largest absolute Gasteiger partial charge is 0.459 e. The average molecular weight is 348 g/mol. The van der Waals surface area contributed by atoms with Crippen LogP contribution in [0, 0.1) is 17.3 Å². The second-order valence-corrected chi connectivity index (χ2v) is 7.98. The Bertz CT molecular complexity index is 661. The highest BCUT2D eigenvalue weighted by atomic mass is 16.6. The third-order valence-corrected chi connectivity index (χ3v) is 6.89. The zero-order valence-electron chi connectivity index (χ0n) is 15.7. The highest BCUT2D eigenvalue weighted by Crippen LogP contribution is 2.57. The smallest absolute Gasteiger partial charge is 0.334 e. The van der Waals surface area contributed by atoms with Crippen LogP contribution in [0.15, 0.2) is 22.8 Å². The molecule has 5 heteroatoms. The van der Waals surface area contributed by atoms with E-state index in [0.717, 1.165) is 18.4 Å². The molecular weight excluding hydrogens is 320 g/mol. The number of carbonyl (C=O) groups excluding carboxylic acids is 2. The van der Waals surface area contributed by atoms with Crippen molar-refractivity contribution in [2.24, 2.45) is 17.3 Å². The van der Waals surface area contributed by atoms with Gasteiger partial charge < -0.3 is 14.6 Å². The van der Waals surface area contributed by atoms with Crippen LogP contribution >= 0.6 is 0 Å². The van der Waals surface area contributed by atoms with Crippen molar-refractivity contribution in [2.45, 2.75) is 72.2 Å². The Morgan fingerprint density at radius 2 is 2.08 bits per heavy atom. The molecule has 138 valence electrons. The lowest BCUT2D eigenvalue weighted by Crippen LogP contribution is -2.58. The Labute approximate surface area is 149 Å². The number of allylic oxidation sites excluding steroid dienone is 1. The number of hydrogen-bond acceptors (Lipinski definition) is 5. The van der Waals surface area contributed by atoms with Crippen molar-refractivity contribution in [2.75, 3.05) is 0 Å². The molecule has 3 rings (SSSR count). The van der Waals surface area contributed by atoms with Gasteiger partial charge in [-0.05, 0) is 46.0 Å². The molecule has 0 radical (unpaired) electrons. The van der Waals surface area contributed by atoms with Gasteiger partial charge >= 0.3 is 11.9 Å². The lowest BCUT2D eigenvalue weighted by Gasteiger charge is -2.56. The van der Waals surface area contributed by atoms with Gasteiger partial charge in [0, 0.05) is 28.1 Å². The quantitative estimate of drug-likeness (QED) is 0.613. The molecule has 0 aromatic heterocycles. The van der Waals surface area contributed by atoms with E-state index in [9.17, 15) is 14.7 Å². The van der Waals surface area contributed by atoms with Crippen LogP contribution in [0.1, 0.15) is 53.9 Å². The molecule has 0 amide bonds. The maximum atomic E-state index is 12.3. The molecule has 1 aliphatic heterocycles. The molecule has 0 unspecified atom stereocenters. The Kier molecular flexibility index (Phi) is 4.56. The fourth-order valence-electron chi connectivity index (χ4n) is 4.82. The fraction of sp³-hybridized carbons (Fsp3) is 0.700. The van der Waals surface area contributed by atoms with Crippen molar-refractivity contribution in [3.8, 4) is 0 Å². The molecule has 0 aromatic carbocycles. The minimum Gasteiger partial charge on any atom is -0.459 e. The molecule has 0 spiro atoms. The van der Waals surface area contributed by atoms with E-state index in [0.29, 0.717) is 17.6 Å². The number of fused-ring (bicyclic) bond motifs is 2. The van der Waals surface area contributed by atoms with Crippen molar-refractivity contribution in [1.29, 1.82) is 0 Å². The van der Waals surface area contributed by atoms with Crippen molar-refractivity contribution < 1.29 is 24.2 Å². The molecule has 0 bridgehead atoms. The first-order chi connectivity index (χ1) is 11.7. The van der Waals surface area contributed by atoms with Crippen LogP contribution in [0.25, 0.3) is 0 Å². The predicted molar refractivity (Wildman–Crippen MR) is 92.5 cm³/mol. The molecule has 1 N–H and O–H groups in total. The Balaban J connectivity index is 1.94. The number of rotatable bonds is 2. The molecule has 0 saturated heterocycles. The van der Waals surface area contributed by atoms with Crippen LogP contribution in [0.3, 0.4) is 0 Å². The minimum absolute atomic E-state index is 0.0349. The van der Waals surface area contributed by atoms with E-state index in [1.807, 2.05) is 6.92 Å². The average Bonchev–Trinajstić information content (AvgIpc) is 2.86. The number of hydrogen-bond donors (Lipinski definition) is 1. The van der Waals surface area contributed by atoms with Crippen LogP contribution in [0.4, 0.5) is 0 Å². The second kappa shape index (κ2) is 6.27. The topological polar surface area (TPSA) is 72.8 Å². The van der Waals surface area contributed by atoms with Gasteiger partial charge in [0.1, 0.15) is 12.2 Å². The summed E-state index contributed by atoms with van der Waals surface area (Å²) in [5.74, 6) is -0.415. The predicted octanol–water partition coefficient (Wildman–Crippen LogP) is 2.92. The number of ether oxygens (including phenoxy) is 2. The van der Waals surface area contributed by atoms with Gasteiger partial charge in [-0.3, -0.25) is 0 Å². The summed E-state index contributed by atoms with van der Waals surface area (Å²) in [5, 5.41) is 11.2. The number of esters is 2. The van der Waals surface area contributed by atoms with Gasteiger partial charge in [-0.1, -0.05) is 19.9 Å². The molecule has 5 nitrogen and oxygen atoms in total. The maximum absolute atomic E-state index is 12.3. The lowest BCUT2D eigenvalue weighted by molar-refractivity contribution is -0.177. The van der Waals surface area contributed by atoms with Gasteiger partial charge in [0.15, 0.2) is 0 Å². The summed E-state index contributed by atoms with van der Waals surface area (Å²) in [6, 6.07) is 0. The van der Waals surface area contributed by atoms with Gasteiger partial charge in [-0.25, -0.2) is 9.59 Å². The van der Waals surface area contributed by atoms with Crippen LogP contribution < -0.4 is 0 Å². The molecule has 25 heavy (non-hydrogen) atoms. The van der Waals surface area contributed by atoms with Crippen molar-refractivity contribution in [3.05, 3.63) is 22.8 Å². The normalized spacial score (nSPS) is 41.1. The van der Waals surface area contributed by atoms with E-state index in [-0.39, 0.29) is 29.9 Å². The van der Waals surface area contributed by atoms with Crippen molar-refractivity contribution in [1.82, 2.24) is 0 Å². The van der Waals surface area contributed by atoms with Gasteiger partial charge in [-0.15, -0.1) is 0 Å². The SMILES string of the molecule is CC=C(C)C(=O)O[C@H]1CC[C@H](C)[C@@]2(C)[C@H](O)C3=C(C)C(=O)O[C@H]3C[C@@H]12. The second-order valence-electron chi connectivity index (χ2n) is 7.98. The molecule has 6 atom stereocenters. The fourth-order valence-corrected chi connectivity index (χ4v) is 4.82. The maximum Gasteiger partial charge on any atom is 0.334 e. The Morgan fingerprint density at radius 3 is 2.72 bits per heavy atom. The van der Waals surface area contributed by atoms with Crippen LogP contribution in [-0.2, 0) is 19.1 Å². The first kappa shape index (κ1) is 18.2. The number of aliphatic hydroxyl groups is 1. The van der Waals surface area contributed by atoms with Crippen molar-refractivity contribution in [3.63, 3.8) is 0 Å². The van der Waals surface area contributed by atoms with Crippen LogP contribution in [0.5, 0.6) is 0 Å². The van der Waals surface area contributed by atoms with Gasteiger partial charge in [0.25, 0.3) is 0 Å². The van der Waals surface area contributed by atoms with Crippen LogP contribution in [0.2, 0.25) is 0 Å². The van der Waals surface area contributed by atoms with Gasteiger partial charge in [-0.2, -0.15) is 0 Å². The molecular formula is C20H28O5. The van der Waals surface area contributed by atoms with Crippen LogP contribution in [-0.4, -0.2) is 35.4 Å². The van der Waals surface area contributed by atoms with E-state index < -0.39 is 17.6 Å². The third-order valence-electron chi connectivity index (χ3n) is 6.89. The molecule has 3 aliphatic rings. The number of aliphatic hydroxyl groups excluding tert-OH is 1. The van der Waals surface area contributed by atoms with E-state index in [2.05, 4.69) is 13.8 Å². The number of carbonyl (C=O) groups is 2. The summed E-state index contributed by atoms with van der Waals surface area (Å²) in [5.41, 5.74) is 1.41. The molecule has 0 aromatic rings. The highest BCUT2D eigenvalue weighted by Gasteiger charge is 2.59. The molecule has 2 fully saturated rings. The lowest BCUT2D eigenvalue weighted by atomic mass is 9.52. The zero-order chi connectivity index (χ0) is 18.5. The summed E-state index contributed by atoms with van der Waals surface area (Å²) in [6.45, 7) is 9.48. The van der Waals surface area contributed by atoms with Gasteiger partial charge in [0.05, 0.1) is 6.10 Å². The summed E-state index contributed by atoms with van der Waals surface area (Å²) in [6.07, 6.45) is 2.59. The van der Waals surface area contributed by atoms with E-state index in [4.69, 9.17) is 9.47 Å². The molecule has 1 heterocycles.